The van der Waals surface area contributed by atoms with Gasteiger partial charge < -0.3 is 24.1 Å². The summed E-state index contributed by atoms with van der Waals surface area (Å²) in [5.41, 5.74) is 0.649. The van der Waals surface area contributed by atoms with Crippen molar-refractivity contribution in [2.24, 2.45) is 0 Å². The Morgan fingerprint density at radius 2 is 2.00 bits per heavy atom. The highest BCUT2D eigenvalue weighted by Crippen LogP contribution is 2.51. The van der Waals surface area contributed by atoms with E-state index in [0.29, 0.717) is 35.0 Å². The van der Waals surface area contributed by atoms with Gasteiger partial charge in [0.1, 0.15) is 0 Å². The molecule has 5 nitrogen and oxygen atoms in total. The molecule has 0 aliphatic carbocycles. The molecule has 1 unspecified atom stereocenters. The Morgan fingerprint density at radius 3 is 2.59 bits per heavy atom. The van der Waals surface area contributed by atoms with Crippen LogP contribution < -0.4 is 18.9 Å². The van der Waals surface area contributed by atoms with E-state index >= 15 is 0 Å². The van der Waals surface area contributed by atoms with E-state index in [0.717, 1.165) is 0 Å². The van der Waals surface area contributed by atoms with Gasteiger partial charge in [-0.05, 0) is 12.5 Å². The lowest BCUT2D eigenvalue weighted by Gasteiger charge is -2.16. The molecule has 1 N–H and O–H groups in total. The van der Waals surface area contributed by atoms with Crippen molar-refractivity contribution in [3.63, 3.8) is 0 Å². The van der Waals surface area contributed by atoms with E-state index in [-0.39, 0.29) is 6.79 Å². The Labute approximate surface area is 99.9 Å². The van der Waals surface area contributed by atoms with Gasteiger partial charge in [-0.3, -0.25) is 0 Å². The third-order valence-corrected chi connectivity index (χ3v) is 2.76. The average Bonchev–Trinajstić information content (AvgIpc) is 2.84. The average molecular weight is 240 g/mol. The van der Waals surface area contributed by atoms with Gasteiger partial charge in [-0.15, -0.1) is 0 Å². The second-order valence-electron chi connectivity index (χ2n) is 3.69. The molecule has 1 heterocycles. The van der Waals surface area contributed by atoms with Gasteiger partial charge in [0.2, 0.25) is 18.3 Å². The minimum atomic E-state index is -0.617. The highest BCUT2D eigenvalue weighted by Gasteiger charge is 2.28. The third-order valence-electron chi connectivity index (χ3n) is 2.76. The smallest absolute Gasteiger partial charge is 0.231 e. The topological polar surface area (TPSA) is 57.2 Å². The van der Waals surface area contributed by atoms with Crippen LogP contribution in [0.25, 0.3) is 0 Å². The van der Waals surface area contributed by atoms with Gasteiger partial charge in [-0.25, -0.2) is 0 Å². The lowest BCUT2D eigenvalue weighted by molar-refractivity contribution is 0.162. The zero-order valence-electron chi connectivity index (χ0n) is 10.1. The zero-order valence-corrected chi connectivity index (χ0v) is 10.1. The molecule has 17 heavy (non-hydrogen) atoms. The van der Waals surface area contributed by atoms with Crippen LogP contribution in [0.4, 0.5) is 0 Å². The number of rotatable bonds is 4. The van der Waals surface area contributed by atoms with E-state index in [4.69, 9.17) is 18.9 Å². The Hall–Kier alpha value is -1.62. The van der Waals surface area contributed by atoms with Crippen LogP contribution in [0.15, 0.2) is 6.07 Å². The largest absolute Gasteiger partial charge is 0.493 e. The first-order valence-corrected chi connectivity index (χ1v) is 5.45. The highest BCUT2D eigenvalue weighted by atomic mass is 16.7. The maximum Gasteiger partial charge on any atom is 0.231 e. The molecule has 1 aliphatic heterocycles. The molecule has 5 heteroatoms. The lowest BCUT2D eigenvalue weighted by atomic mass is 10.0. The van der Waals surface area contributed by atoms with E-state index in [1.54, 1.807) is 13.2 Å². The van der Waals surface area contributed by atoms with Gasteiger partial charge in [0.05, 0.1) is 20.3 Å². The Bertz CT molecular complexity index is 416. The summed E-state index contributed by atoms with van der Waals surface area (Å²) in [6.45, 7) is 2.02. The summed E-state index contributed by atoms with van der Waals surface area (Å²) in [7, 11) is 3.08. The SMILES string of the molecule is CCC(O)c1cc(OC)c2c(c1OC)OCO2. The van der Waals surface area contributed by atoms with Crippen LogP contribution in [0.1, 0.15) is 25.0 Å². The summed E-state index contributed by atoms with van der Waals surface area (Å²) in [6.07, 6.45) is -0.0348. The summed E-state index contributed by atoms with van der Waals surface area (Å²) in [6, 6.07) is 1.72. The van der Waals surface area contributed by atoms with Crippen LogP contribution in [0.2, 0.25) is 0 Å². The summed E-state index contributed by atoms with van der Waals surface area (Å²) in [5.74, 6) is 2.07. The predicted octanol–water partition coefficient (Wildman–Crippen LogP) is 1.88. The molecule has 2 rings (SSSR count). The van der Waals surface area contributed by atoms with Crippen molar-refractivity contribution >= 4 is 0 Å². The fourth-order valence-electron chi connectivity index (χ4n) is 1.86. The maximum atomic E-state index is 9.96. The molecule has 0 bridgehead atoms. The molecule has 1 aromatic rings. The van der Waals surface area contributed by atoms with Gasteiger partial charge in [-0.1, -0.05) is 6.92 Å². The number of hydrogen-bond donors (Lipinski definition) is 1. The van der Waals surface area contributed by atoms with Gasteiger partial charge in [0.25, 0.3) is 0 Å². The van der Waals surface area contributed by atoms with Gasteiger partial charge in [0.15, 0.2) is 11.5 Å². The number of ether oxygens (including phenoxy) is 4. The predicted molar refractivity (Wildman–Crippen MR) is 60.9 cm³/mol. The standard InChI is InChI=1S/C12H16O5/c1-4-8(13)7-5-9(14-2)11-12(10(7)15-3)17-6-16-11/h5,8,13H,4,6H2,1-3H3. The van der Waals surface area contributed by atoms with Crippen molar-refractivity contribution in [3.8, 4) is 23.0 Å². The Kier molecular flexibility index (Phi) is 3.28. The fraction of sp³-hybridized carbons (Fsp3) is 0.500. The van der Waals surface area contributed by atoms with E-state index in [1.165, 1.54) is 7.11 Å². The molecule has 0 spiro atoms. The van der Waals surface area contributed by atoms with Crippen molar-refractivity contribution in [1.29, 1.82) is 0 Å². The van der Waals surface area contributed by atoms with Crippen LogP contribution in [-0.4, -0.2) is 26.1 Å². The quantitative estimate of drug-likeness (QED) is 0.870. The van der Waals surface area contributed by atoms with Crippen LogP contribution in [-0.2, 0) is 0 Å². The van der Waals surface area contributed by atoms with Gasteiger partial charge in [0, 0.05) is 5.56 Å². The number of aliphatic hydroxyl groups is 1. The molecule has 0 fully saturated rings. The normalized spacial score (nSPS) is 14.6. The van der Waals surface area contributed by atoms with E-state index in [9.17, 15) is 5.11 Å². The number of methoxy groups -OCH3 is 2. The lowest BCUT2D eigenvalue weighted by Crippen LogP contribution is -2.01. The first-order chi connectivity index (χ1) is 8.22. The van der Waals surface area contributed by atoms with Crippen LogP contribution in [0.3, 0.4) is 0 Å². The second-order valence-corrected chi connectivity index (χ2v) is 3.69. The minimum absolute atomic E-state index is 0.133. The molecule has 0 saturated carbocycles. The van der Waals surface area contributed by atoms with Crippen LogP contribution >= 0.6 is 0 Å². The molecular weight excluding hydrogens is 224 g/mol. The molecule has 94 valence electrons. The molecule has 1 aromatic carbocycles. The molecule has 1 aliphatic rings. The summed E-state index contributed by atoms with van der Waals surface area (Å²) < 4.78 is 21.2. The Morgan fingerprint density at radius 1 is 1.29 bits per heavy atom. The van der Waals surface area contributed by atoms with Crippen molar-refractivity contribution in [2.75, 3.05) is 21.0 Å². The Balaban J connectivity index is 2.59. The number of hydrogen-bond acceptors (Lipinski definition) is 5. The monoisotopic (exact) mass is 240 g/mol. The number of fused-ring (bicyclic) bond motifs is 1. The maximum absolute atomic E-state index is 9.96. The zero-order chi connectivity index (χ0) is 12.4. The number of benzene rings is 1. The molecule has 0 saturated heterocycles. The first kappa shape index (κ1) is 11.9. The second kappa shape index (κ2) is 4.71. The van der Waals surface area contributed by atoms with Crippen molar-refractivity contribution in [3.05, 3.63) is 11.6 Å². The van der Waals surface area contributed by atoms with Crippen molar-refractivity contribution < 1.29 is 24.1 Å². The third kappa shape index (κ3) is 1.86. The van der Waals surface area contributed by atoms with Crippen LogP contribution in [0, 0.1) is 0 Å². The van der Waals surface area contributed by atoms with Crippen LogP contribution in [0.5, 0.6) is 23.0 Å². The molecule has 0 radical (unpaired) electrons. The van der Waals surface area contributed by atoms with Crippen molar-refractivity contribution in [1.82, 2.24) is 0 Å². The van der Waals surface area contributed by atoms with E-state index in [1.807, 2.05) is 6.92 Å². The molecule has 1 atom stereocenters. The summed E-state index contributed by atoms with van der Waals surface area (Å²) >= 11 is 0. The van der Waals surface area contributed by atoms with E-state index < -0.39 is 6.10 Å². The van der Waals surface area contributed by atoms with Crippen molar-refractivity contribution in [2.45, 2.75) is 19.4 Å². The van der Waals surface area contributed by atoms with Gasteiger partial charge in [-0.2, -0.15) is 0 Å². The van der Waals surface area contributed by atoms with E-state index in [2.05, 4.69) is 0 Å². The molecule has 0 aromatic heterocycles. The molecule has 0 amide bonds. The van der Waals surface area contributed by atoms with Gasteiger partial charge >= 0.3 is 0 Å². The summed E-state index contributed by atoms with van der Waals surface area (Å²) in [4.78, 5) is 0. The number of aliphatic hydroxyl groups excluding tert-OH is 1. The highest BCUT2D eigenvalue weighted by molar-refractivity contribution is 5.64. The first-order valence-electron chi connectivity index (χ1n) is 5.45. The minimum Gasteiger partial charge on any atom is -0.493 e. The molecular formula is C12H16O5. The summed E-state index contributed by atoms with van der Waals surface area (Å²) in [5, 5.41) is 9.96. The fourth-order valence-corrected chi connectivity index (χ4v) is 1.86.